The summed E-state index contributed by atoms with van der Waals surface area (Å²) in [7, 11) is 1.93. The zero-order valence-corrected chi connectivity index (χ0v) is 11.6. The van der Waals surface area contributed by atoms with E-state index in [4.69, 9.17) is 4.74 Å². The van der Waals surface area contributed by atoms with E-state index >= 15 is 0 Å². The Kier molecular flexibility index (Phi) is 4.69. The number of ether oxygens (including phenoxy) is 1. The number of hydrogen-bond acceptors (Lipinski definition) is 5. The van der Waals surface area contributed by atoms with Crippen LogP contribution in [0.25, 0.3) is 0 Å². The molecule has 0 aliphatic rings. The molecule has 0 aliphatic carbocycles. The molecule has 0 saturated carbocycles. The van der Waals surface area contributed by atoms with Gasteiger partial charge in [-0.1, -0.05) is 23.5 Å². The van der Waals surface area contributed by atoms with Crippen LogP contribution >= 0.6 is 11.3 Å². The van der Waals surface area contributed by atoms with Crippen molar-refractivity contribution in [3.63, 3.8) is 0 Å². The highest BCUT2D eigenvalue weighted by molar-refractivity contribution is 7.17. The number of carbonyl (C=O) groups excluding carboxylic acids is 1. The number of esters is 1. The summed E-state index contributed by atoms with van der Waals surface area (Å²) in [6.45, 7) is 10.5. The third-order valence-electron chi connectivity index (χ3n) is 2.08. The molecule has 1 aromatic heterocycles. The first-order chi connectivity index (χ1) is 7.95. The molecule has 17 heavy (non-hydrogen) atoms. The second-order valence-electron chi connectivity index (χ2n) is 3.94. The number of carbonyl (C=O) groups is 1. The summed E-state index contributed by atoms with van der Waals surface area (Å²) in [4.78, 5) is 18.6. The molecule has 94 valence electrons. The maximum absolute atomic E-state index is 11.6. The fourth-order valence-electron chi connectivity index (χ4n) is 1.40. The lowest BCUT2D eigenvalue weighted by Crippen LogP contribution is -2.18. The van der Waals surface area contributed by atoms with Crippen molar-refractivity contribution in [3.05, 3.63) is 22.7 Å². The van der Waals surface area contributed by atoms with Gasteiger partial charge in [0, 0.05) is 13.6 Å². The molecule has 0 spiro atoms. The van der Waals surface area contributed by atoms with Crippen molar-refractivity contribution in [1.82, 2.24) is 4.98 Å². The Balaban J connectivity index is 2.87. The second-order valence-corrected chi connectivity index (χ2v) is 4.92. The molecule has 0 aliphatic heterocycles. The highest BCUT2D eigenvalue weighted by atomic mass is 32.1. The minimum atomic E-state index is -0.294. The van der Waals surface area contributed by atoms with Crippen LogP contribution in [0.4, 0.5) is 5.13 Å². The minimum absolute atomic E-state index is 0.294. The molecule has 0 atom stereocenters. The number of aryl methyl sites for hydroxylation is 1. The van der Waals surface area contributed by atoms with Crippen molar-refractivity contribution in [2.24, 2.45) is 0 Å². The standard InChI is InChI=1S/C12H18N2O2S/c1-6-16-11(15)10-9(4)13-12(17-10)14(5)7-8(2)3/h2,6-7H2,1,3-5H3. The van der Waals surface area contributed by atoms with Gasteiger partial charge in [-0.3, -0.25) is 0 Å². The number of thiazole rings is 1. The minimum Gasteiger partial charge on any atom is -0.462 e. The third-order valence-corrected chi connectivity index (χ3v) is 3.33. The Morgan fingerprint density at radius 3 is 2.76 bits per heavy atom. The van der Waals surface area contributed by atoms with Gasteiger partial charge in [0.25, 0.3) is 0 Å². The molecule has 0 saturated heterocycles. The van der Waals surface area contributed by atoms with E-state index in [0.29, 0.717) is 11.5 Å². The molecule has 0 radical (unpaired) electrons. The smallest absolute Gasteiger partial charge is 0.350 e. The summed E-state index contributed by atoms with van der Waals surface area (Å²) >= 11 is 1.36. The fraction of sp³-hybridized carbons (Fsp3) is 0.500. The van der Waals surface area contributed by atoms with Crippen LogP contribution in [-0.2, 0) is 4.74 Å². The molecule has 1 aromatic rings. The van der Waals surface area contributed by atoms with Gasteiger partial charge in [-0.2, -0.15) is 0 Å². The van der Waals surface area contributed by atoms with E-state index in [1.54, 1.807) is 6.92 Å². The summed E-state index contributed by atoms with van der Waals surface area (Å²) in [5.41, 5.74) is 1.77. The van der Waals surface area contributed by atoms with E-state index < -0.39 is 0 Å². The lowest BCUT2D eigenvalue weighted by atomic mass is 10.3. The van der Waals surface area contributed by atoms with Crippen LogP contribution in [0.15, 0.2) is 12.2 Å². The van der Waals surface area contributed by atoms with E-state index in [-0.39, 0.29) is 5.97 Å². The van der Waals surface area contributed by atoms with E-state index in [9.17, 15) is 4.79 Å². The largest absolute Gasteiger partial charge is 0.462 e. The monoisotopic (exact) mass is 254 g/mol. The molecule has 0 amide bonds. The lowest BCUT2D eigenvalue weighted by molar-refractivity contribution is 0.0531. The molecule has 0 unspecified atom stereocenters. The molecule has 0 bridgehead atoms. The van der Waals surface area contributed by atoms with Crippen LogP contribution in [0, 0.1) is 6.92 Å². The Morgan fingerprint density at radius 1 is 1.59 bits per heavy atom. The first-order valence-electron chi connectivity index (χ1n) is 5.45. The van der Waals surface area contributed by atoms with E-state index in [2.05, 4.69) is 11.6 Å². The van der Waals surface area contributed by atoms with Crippen LogP contribution < -0.4 is 4.90 Å². The third kappa shape index (κ3) is 3.56. The fourth-order valence-corrected chi connectivity index (χ4v) is 2.33. The first kappa shape index (κ1) is 13.7. The zero-order valence-electron chi connectivity index (χ0n) is 10.7. The van der Waals surface area contributed by atoms with Crippen LogP contribution in [0.1, 0.15) is 29.2 Å². The Bertz CT molecular complexity index is 426. The van der Waals surface area contributed by atoms with Gasteiger partial charge < -0.3 is 9.64 Å². The van der Waals surface area contributed by atoms with E-state index in [1.807, 2.05) is 25.8 Å². The quantitative estimate of drug-likeness (QED) is 0.598. The molecular formula is C12H18N2O2S. The highest BCUT2D eigenvalue weighted by Crippen LogP contribution is 2.26. The van der Waals surface area contributed by atoms with Gasteiger partial charge in [-0.25, -0.2) is 9.78 Å². The van der Waals surface area contributed by atoms with Crippen LogP contribution in [0.3, 0.4) is 0 Å². The number of nitrogens with zero attached hydrogens (tertiary/aromatic N) is 2. The molecule has 4 nitrogen and oxygen atoms in total. The van der Waals surface area contributed by atoms with Gasteiger partial charge in [-0.05, 0) is 20.8 Å². The zero-order chi connectivity index (χ0) is 13.0. The number of hydrogen-bond donors (Lipinski definition) is 0. The van der Waals surface area contributed by atoms with Gasteiger partial charge in [-0.15, -0.1) is 0 Å². The lowest BCUT2D eigenvalue weighted by Gasteiger charge is -2.14. The van der Waals surface area contributed by atoms with Gasteiger partial charge in [0.1, 0.15) is 4.88 Å². The van der Waals surface area contributed by atoms with Crippen molar-refractivity contribution >= 4 is 22.4 Å². The van der Waals surface area contributed by atoms with Gasteiger partial charge in [0.05, 0.1) is 12.3 Å². The van der Waals surface area contributed by atoms with Crippen molar-refractivity contribution < 1.29 is 9.53 Å². The number of likely N-dealkylation sites (N-methyl/N-ethyl adjacent to an activating group) is 1. The van der Waals surface area contributed by atoms with Crippen molar-refractivity contribution in [2.75, 3.05) is 25.1 Å². The summed E-state index contributed by atoms with van der Waals surface area (Å²) in [6, 6.07) is 0. The molecule has 0 N–H and O–H groups in total. The summed E-state index contributed by atoms with van der Waals surface area (Å²) in [6.07, 6.45) is 0. The Hall–Kier alpha value is -1.36. The van der Waals surface area contributed by atoms with Gasteiger partial charge in [0.15, 0.2) is 5.13 Å². The SMILES string of the molecule is C=C(C)CN(C)c1nc(C)c(C(=O)OCC)s1. The number of rotatable bonds is 5. The highest BCUT2D eigenvalue weighted by Gasteiger charge is 2.17. The summed E-state index contributed by atoms with van der Waals surface area (Å²) < 4.78 is 4.98. The normalized spacial score (nSPS) is 10.1. The molecule has 5 heteroatoms. The van der Waals surface area contributed by atoms with E-state index in [1.165, 1.54) is 11.3 Å². The average molecular weight is 254 g/mol. The maximum atomic E-state index is 11.6. The van der Waals surface area contributed by atoms with E-state index in [0.717, 1.165) is 22.9 Å². The molecule has 1 heterocycles. The predicted octanol–water partition coefficient (Wildman–Crippen LogP) is 2.64. The van der Waals surface area contributed by atoms with Gasteiger partial charge in [0.2, 0.25) is 0 Å². The second kappa shape index (κ2) is 5.82. The summed E-state index contributed by atoms with van der Waals surface area (Å²) in [5, 5.41) is 0.813. The Labute approximate surface area is 106 Å². The van der Waals surface area contributed by atoms with Crippen molar-refractivity contribution in [2.45, 2.75) is 20.8 Å². The van der Waals surface area contributed by atoms with Crippen molar-refractivity contribution in [1.29, 1.82) is 0 Å². The Morgan fingerprint density at radius 2 is 2.24 bits per heavy atom. The summed E-state index contributed by atoms with van der Waals surface area (Å²) in [5.74, 6) is -0.294. The number of anilines is 1. The average Bonchev–Trinajstić information content (AvgIpc) is 2.60. The van der Waals surface area contributed by atoms with Crippen LogP contribution in [-0.4, -0.2) is 31.2 Å². The first-order valence-corrected chi connectivity index (χ1v) is 6.27. The predicted molar refractivity (Wildman–Crippen MR) is 70.9 cm³/mol. The van der Waals surface area contributed by atoms with Gasteiger partial charge >= 0.3 is 5.97 Å². The molecule has 0 fully saturated rings. The topological polar surface area (TPSA) is 42.4 Å². The maximum Gasteiger partial charge on any atom is 0.350 e. The molecule has 1 rings (SSSR count). The van der Waals surface area contributed by atoms with Crippen molar-refractivity contribution in [3.8, 4) is 0 Å². The molecular weight excluding hydrogens is 236 g/mol. The van der Waals surface area contributed by atoms with Crippen LogP contribution in [0.5, 0.6) is 0 Å². The molecule has 0 aromatic carbocycles. The van der Waals surface area contributed by atoms with Crippen LogP contribution in [0.2, 0.25) is 0 Å². The number of aromatic nitrogens is 1.